The highest BCUT2D eigenvalue weighted by atomic mass is 79.9. The number of halogens is 1. The lowest BCUT2D eigenvalue weighted by Gasteiger charge is -1.96. The van der Waals surface area contributed by atoms with Crippen molar-refractivity contribution in [2.24, 2.45) is 0 Å². The molecule has 0 saturated carbocycles. The third-order valence-corrected chi connectivity index (χ3v) is 2.83. The van der Waals surface area contributed by atoms with Gasteiger partial charge in [0.15, 0.2) is 10.9 Å². The monoisotopic (exact) mass is 272 g/mol. The Morgan fingerprint density at radius 2 is 2.50 bits per heavy atom. The van der Waals surface area contributed by atoms with Crippen LogP contribution in [0.2, 0.25) is 0 Å². The first-order valence-corrected chi connectivity index (χ1v) is 5.33. The molecular weight excluding hydrogens is 268 g/mol. The Balaban J connectivity index is 2.09. The molecule has 4 nitrogen and oxygen atoms in total. The number of carbonyl (C=O) groups excluding carboxylic acids is 1. The van der Waals surface area contributed by atoms with E-state index in [0.29, 0.717) is 5.13 Å². The van der Waals surface area contributed by atoms with Crippen LogP contribution in [0, 0.1) is 0 Å². The number of hydrogen-bond acceptors (Lipinski definition) is 4. The predicted octanol–water partition coefficient (Wildman–Crippen LogP) is 2.75. The Bertz CT molecular complexity index is 438. The summed E-state index contributed by atoms with van der Waals surface area (Å²) in [5, 5.41) is 3.15. The fraction of sp³-hybridized carbons (Fsp3) is 0. The molecule has 72 valence electrons. The van der Waals surface area contributed by atoms with E-state index >= 15 is 0 Å². The van der Waals surface area contributed by atoms with E-state index in [1.54, 1.807) is 18.3 Å². The number of furan rings is 1. The lowest BCUT2D eigenvalue weighted by atomic mass is 10.4. The van der Waals surface area contributed by atoms with Crippen LogP contribution in [-0.4, -0.2) is 10.9 Å². The van der Waals surface area contributed by atoms with Gasteiger partial charge in [0.05, 0.1) is 16.2 Å². The van der Waals surface area contributed by atoms with E-state index in [4.69, 9.17) is 4.42 Å². The number of anilines is 1. The molecule has 14 heavy (non-hydrogen) atoms. The van der Waals surface area contributed by atoms with E-state index in [9.17, 15) is 4.79 Å². The van der Waals surface area contributed by atoms with Crippen molar-refractivity contribution < 1.29 is 9.21 Å². The zero-order valence-corrected chi connectivity index (χ0v) is 9.26. The molecule has 2 rings (SSSR count). The Morgan fingerprint density at radius 1 is 1.64 bits per heavy atom. The smallest absolute Gasteiger partial charge is 0.293 e. The van der Waals surface area contributed by atoms with Crippen molar-refractivity contribution in [3.63, 3.8) is 0 Å². The Hall–Kier alpha value is -1.14. The molecule has 0 fully saturated rings. The second kappa shape index (κ2) is 3.93. The third-order valence-electron chi connectivity index (χ3n) is 1.44. The second-order valence-electron chi connectivity index (χ2n) is 2.40. The van der Waals surface area contributed by atoms with Crippen molar-refractivity contribution in [1.29, 1.82) is 0 Å². The quantitative estimate of drug-likeness (QED) is 0.915. The molecule has 0 bridgehead atoms. The van der Waals surface area contributed by atoms with Crippen LogP contribution in [0.1, 0.15) is 10.6 Å². The van der Waals surface area contributed by atoms with E-state index in [0.717, 1.165) is 3.79 Å². The molecule has 1 N–H and O–H groups in total. The SMILES string of the molecule is O=C(Nc1ncc(Br)s1)c1ccco1. The van der Waals surface area contributed by atoms with Gasteiger partial charge in [-0.15, -0.1) is 0 Å². The average Bonchev–Trinajstić information content (AvgIpc) is 2.75. The van der Waals surface area contributed by atoms with Gasteiger partial charge in [0.2, 0.25) is 0 Å². The van der Waals surface area contributed by atoms with E-state index in [2.05, 4.69) is 26.2 Å². The van der Waals surface area contributed by atoms with E-state index in [-0.39, 0.29) is 11.7 Å². The minimum Gasteiger partial charge on any atom is -0.459 e. The maximum Gasteiger partial charge on any atom is 0.293 e. The van der Waals surface area contributed by atoms with Crippen LogP contribution in [0.3, 0.4) is 0 Å². The molecule has 1 amide bonds. The number of carbonyl (C=O) groups is 1. The van der Waals surface area contributed by atoms with Gasteiger partial charge in [-0.05, 0) is 28.1 Å². The highest BCUT2D eigenvalue weighted by Gasteiger charge is 2.10. The fourth-order valence-corrected chi connectivity index (χ4v) is 1.98. The summed E-state index contributed by atoms with van der Waals surface area (Å²) >= 11 is 4.60. The summed E-state index contributed by atoms with van der Waals surface area (Å²) in [6, 6.07) is 3.25. The minimum atomic E-state index is -0.295. The van der Waals surface area contributed by atoms with Crippen LogP contribution in [0.5, 0.6) is 0 Å². The molecule has 0 aliphatic heterocycles. The lowest BCUT2D eigenvalue weighted by Crippen LogP contribution is -2.10. The number of rotatable bonds is 2. The van der Waals surface area contributed by atoms with Crippen molar-refractivity contribution in [1.82, 2.24) is 4.98 Å². The summed E-state index contributed by atoms with van der Waals surface area (Å²) < 4.78 is 5.80. The summed E-state index contributed by atoms with van der Waals surface area (Å²) in [5.74, 6) is -0.0202. The highest BCUT2D eigenvalue weighted by Crippen LogP contribution is 2.23. The maximum atomic E-state index is 11.4. The first-order valence-electron chi connectivity index (χ1n) is 3.72. The van der Waals surface area contributed by atoms with Gasteiger partial charge in [-0.2, -0.15) is 0 Å². The van der Waals surface area contributed by atoms with Gasteiger partial charge in [-0.25, -0.2) is 4.98 Å². The Kier molecular flexibility index (Phi) is 2.64. The average molecular weight is 273 g/mol. The van der Waals surface area contributed by atoms with Crippen molar-refractivity contribution in [2.75, 3.05) is 5.32 Å². The van der Waals surface area contributed by atoms with Crippen LogP contribution in [0.15, 0.2) is 32.8 Å². The second-order valence-corrected chi connectivity index (χ2v) is 4.81. The first-order chi connectivity index (χ1) is 6.75. The predicted molar refractivity (Wildman–Crippen MR) is 56.5 cm³/mol. The van der Waals surface area contributed by atoms with Gasteiger partial charge in [-0.1, -0.05) is 11.3 Å². The lowest BCUT2D eigenvalue weighted by molar-refractivity contribution is 0.0996. The molecule has 0 aliphatic rings. The largest absolute Gasteiger partial charge is 0.459 e. The summed E-state index contributed by atoms with van der Waals surface area (Å²) in [6.07, 6.45) is 3.08. The summed E-state index contributed by atoms with van der Waals surface area (Å²) in [7, 11) is 0. The third kappa shape index (κ3) is 2.02. The van der Waals surface area contributed by atoms with Crippen LogP contribution in [0.25, 0.3) is 0 Å². The molecule has 2 aromatic heterocycles. The number of thiazole rings is 1. The number of nitrogens with one attached hydrogen (secondary N) is 1. The number of hydrogen-bond donors (Lipinski definition) is 1. The molecule has 0 saturated heterocycles. The molecule has 0 aromatic carbocycles. The molecule has 0 aliphatic carbocycles. The molecule has 6 heteroatoms. The van der Waals surface area contributed by atoms with Crippen LogP contribution >= 0.6 is 27.3 Å². The fourth-order valence-electron chi connectivity index (χ4n) is 0.879. The molecular formula is C8H5BrN2O2S. The number of nitrogens with zero attached hydrogens (tertiary/aromatic N) is 1. The van der Waals surface area contributed by atoms with Gasteiger partial charge in [-0.3, -0.25) is 10.1 Å². The van der Waals surface area contributed by atoms with E-state index in [1.807, 2.05) is 0 Å². The van der Waals surface area contributed by atoms with Crippen LogP contribution in [0.4, 0.5) is 5.13 Å². The molecule has 0 radical (unpaired) electrons. The Labute approximate surface area is 92.1 Å². The first kappa shape index (κ1) is 9.42. The zero-order valence-electron chi connectivity index (χ0n) is 6.86. The van der Waals surface area contributed by atoms with Gasteiger partial charge < -0.3 is 4.42 Å². The standard InChI is InChI=1S/C8H5BrN2O2S/c9-6-4-10-8(14-6)11-7(12)5-2-1-3-13-5/h1-4H,(H,10,11,12). The molecule has 0 spiro atoms. The number of aromatic nitrogens is 1. The maximum absolute atomic E-state index is 11.4. The summed E-state index contributed by atoms with van der Waals surface area (Å²) in [6.45, 7) is 0. The topological polar surface area (TPSA) is 55.1 Å². The van der Waals surface area contributed by atoms with E-state index in [1.165, 1.54) is 17.6 Å². The van der Waals surface area contributed by atoms with Gasteiger partial charge in [0, 0.05) is 0 Å². The Morgan fingerprint density at radius 3 is 3.07 bits per heavy atom. The van der Waals surface area contributed by atoms with Crippen molar-refractivity contribution in [3.8, 4) is 0 Å². The van der Waals surface area contributed by atoms with Crippen molar-refractivity contribution in [3.05, 3.63) is 34.1 Å². The summed E-state index contributed by atoms with van der Waals surface area (Å²) in [5.41, 5.74) is 0. The van der Waals surface area contributed by atoms with Gasteiger partial charge in [0.1, 0.15) is 0 Å². The highest BCUT2D eigenvalue weighted by molar-refractivity contribution is 9.11. The van der Waals surface area contributed by atoms with Crippen molar-refractivity contribution in [2.45, 2.75) is 0 Å². The van der Waals surface area contributed by atoms with Crippen LogP contribution in [-0.2, 0) is 0 Å². The minimum absolute atomic E-state index is 0.274. The van der Waals surface area contributed by atoms with Crippen LogP contribution < -0.4 is 5.32 Å². The molecule has 2 heterocycles. The number of amides is 1. The molecule has 0 unspecified atom stereocenters. The van der Waals surface area contributed by atoms with Gasteiger partial charge in [0.25, 0.3) is 5.91 Å². The van der Waals surface area contributed by atoms with E-state index < -0.39 is 0 Å². The summed E-state index contributed by atoms with van der Waals surface area (Å²) in [4.78, 5) is 15.4. The van der Waals surface area contributed by atoms with Crippen molar-refractivity contribution >= 4 is 38.3 Å². The normalized spacial score (nSPS) is 10.1. The molecule has 0 atom stereocenters. The molecule has 2 aromatic rings. The van der Waals surface area contributed by atoms with Gasteiger partial charge >= 0.3 is 0 Å². The zero-order chi connectivity index (χ0) is 9.97.